The zero-order valence-corrected chi connectivity index (χ0v) is 14.5. The molecule has 0 saturated carbocycles. The van der Waals surface area contributed by atoms with Gasteiger partial charge in [0.1, 0.15) is 11.6 Å². The SMILES string of the molecule is O=C(NC1CCOCC1)c1ccc(NC2CCOc3ccccc32)nn1. The lowest BCUT2D eigenvalue weighted by Crippen LogP contribution is -2.39. The molecule has 0 radical (unpaired) electrons. The fourth-order valence-electron chi connectivity index (χ4n) is 3.30. The summed E-state index contributed by atoms with van der Waals surface area (Å²) in [5.41, 5.74) is 1.44. The predicted octanol–water partition coefficient (Wildman–Crippen LogP) is 2.32. The molecule has 1 unspecified atom stereocenters. The molecule has 3 heterocycles. The van der Waals surface area contributed by atoms with E-state index in [0.717, 1.165) is 30.6 Å². The highest BCUT2D eigenvalue weighted by Gasteiger charge is 2.22. The van der Waals surface area contributed by atoms with Crippen LogP contribution in [0, 0.1) is 0 Å². The van der Waals surface area contributed by atoms with Crippen LogP contribution in [0.1, 0.15) is 41.4 Å². The number of carbonyl (C=O) groups is 1. The molecule has 136 valence electrons. The normalized spacial score (nSPS) is 19.9. The standard InChI is InChI=1S/C19H22N4O3/c24-19(20-13-7-10-25-11-8-13)16-5-6-18(23-22-16)21-15-9-12-26-17-4-2-1-3-14(15)17/h1-6,13,15H,7-12H2,(H,20,24)(H,21,23). The number of fused-ring (bicyclic) bond motifs is 1. The minimum absolute atomic E-state index is 0.121. The topological polar surface area (TPSA) is 85.4 Å². The van der Waals surface area contributed by atoms with Crippen molar-refractivity contribution >= 4 is 11.7 Å². The Bertz CT molecular complexity index is 760. The van der Waals surface area contributed by atoms with Gasteiger partial charge in [-0.25, -0.2) is 0 Å². The first kappa shape index (κ1) is 16.8. The molecule has 1 aromatic carbocycles. The number of hydrogen-bond donors (Lipinski definition) is 2. The van der Waals surface area contributed by atoms with E-state index in [1.54, 1.807) is 12.1 Å². The van der Waals surface area contributed by atoms with Crippen molar-refractivity contribution in [3.05, 3.63) is 47.7 Å². The molecular weight excluding hydrogens is 332 g/mol. The number of hydrogen-bond acceptors (Lipinski definition) is 6. The van der Waals surface area contributed by atoms with Crippen LogP contribution in [0.25, 0.3) is 0 Å². The van der Waals surface area contributed by atoms with Crippen LogP contribution in [0.5, 0.6) is 5.75 Å². The Labute approximate surface area is 152 Å². The maximum absolute atomic E-state index is 12.3. The van der Waals surface area contributed by atoms with Gasteiger partial charge in [-0.05, 0) is 31.0 Å². The molecule has 1 atom stereocenters. The van der Waals surface area contributed by atoms with Crippen molar-refractivity contribution in [2.75, 3.05) is 25.1 Å². The van der Waals surface area contributed by atoms with E-state index >= 15 is 0 Å². The number of para-hydroxylation sites is 1. The monoisotopic (exact) mass is 354 g/mol. The predicted molar refractivity (Wildman–Crippen MR) is 96.3 cm³/mol. The van der Waals surface area contributed by atoms with Gasteiger partial charge in [0, 0.05) is 31.2 Å². The number of carbonyl (C=O) groups excluding carboxylic acids is 1. The molecule has 7 heteroatoms. The van der Waals surface area contributed by atoms with Crippen LogP contribution in [-0.4, -0.2) is 42.0 Å². The quantitative estimate of drug-likeness (QED) is 0.876. The molecule has 2 N–H and O–H groups in total. The first-order chi connectivity index (χ1) is 12.8. The summed E-state index contributed by atoms with van der Waals surface area (Å²) in [6.07, 6.45) is 2.52. The number of amides is 1. The molecule has 0 bridgehead atoms. The average molecular weight is 354 g/mol. The summed E-state index contributed by atoms with van der Waals surface area (Å²) in [6.45, 7) is 2.03. The second-order valence-corrected chi connectivity index (χ2v) is 6.54. The van der Waals surface area contributed by atoms with E-state index in [1.807, 2.05) is 18.2 Å². The summed E-state index contributed by atoms with van der Waals surface area (Å²) in [5, 5.41) is 14.6. The zero-order valence-electron chi connectivity index (χ0n) is 14.5. The van der Waals surface area contributed by atoms with Gasteiger partial charge in [-0.3, -0.25) is 4.79 Å². The summed E-state index contributed by atoms with van der Waals surface area (Å²) in [5.74, 6) is 1.36. The lowest BCUT2D eigenvalue weighted by atomic mass is 10.0. The third kappa shape index (κ3) is 3.77. The maximum atomic E-state index is 12.3. The second kappa shape index (κ2) is 7.70. The minimum Gasteiger partial charge on any atom is -0.493 e. The van der Waals surface area contributed by atoms with Gasteiger partial charge >= 0.3 is 0 Å². The van der Waals surface area contributed by atoms with Gasteiger partial charge in [0.2, 0.25) is 0 Å². The number of rotatable bonds is 4. The molecule has 2 aliphatic heterocycles. The summed E-state index contributed by atoms with van der Waals surface area (Å²) in [4.78, 5) is 12.3. The fraction of sp³-hybridized carbons (Fsp3) is 0.421. The first-order valence-corrected chi connectivity index (χ1v) is 9.00. The largest absolute Gasteiger partial charge is 0.493 e. The van der Waals surface area contributed by atoms with E-state index in [1.165, 1.54) is 0 Å². The maximum Gasteiger partial charge on any atom is 0.272 e. The summed E-state index contributed by atoms with van der Waals surface area (Å²) >= 11 is 0. The summed E-state index contributed by atoms with van der Waals surface area (Å²) < 4.78 is 11.0. The number of benzene rings is 1. The molecule has 1 fully saturated rings. The highest BCUT2D eigenvalue weighted by atomic mass is 16.5. The van der Waals surface area contributed by atoms with E-state index in [4.69, 9.17) is 9.47 Å². The van der Waals surface area contributed by atoms with Crippen molar-refractivity contribution in [3.63, 3.8) is 0 Å². The van der Waals surface area contributed by atoms with Gasteiger partial charge in [0.15, 0.2) is 5.69 Å². The number of anilines is 1. The van der Waals surface area contributed by atoms with Crippen LogP contribution in [0.15, 0.2) is 36.4 Å². The van der Waals surface area contributed by atoms with Crippen LogP contribution in [0.4, 0.5) is 5.82 Å². The number of aromatic nitrogens is 2. The highest BCUT2D eigenvalue weighted by molar-refractivity contribution is 5.92. The van der Waals surface area contributed by atoms with Gasteiger partial charge in [0.25, 0.3) is 5.91 Å². The molecule has 1 aromatic heterocycles. The van der Waals surface area contributed by atoms with Crippen LogP contribution in [-0.2, 0) is 4.74 Å². The highest BCUT2D eigenvalue weighted by Crippen LogP contribution is 2.33. The van der Waals surface area contributed by atoms with Crippen molar-refractivity contribution < 1.29 is 14.3 Å². The van der Waals surface area contributed by atoms with Crippen molar-refractivity contribution in [2.45, 2.75) is 31.3 Å². The van der Waals surface area contributed by atoms with Crippen molar-refractivity contribution in [1.29, 1.82) is 0 Å². The van der Waals surface area contributed by atoms with E-state index in [9.17, 15) is 4.79 Å². The third-order valence-electron chi connectivity index (χ3n) is 4.73. The van der Waals surface area contributed by atoms with Crippen LogP contribution >= 0.6 is 0 Å². The Morgan fingerprint density at radius 3 is 2.65 bits per heavy atom. The summed E-state index contributed by atoms with van der Waals surface area (Å²) in [7, 11) is 0. The van der Waals surface area contributed by atoms with E-state index < -0.39 is 0 Å². The Kier molecular flexibility index (Phi) is 4.97. The molecule has 26 heavy (non-hydrogen) atoms. The van der Waals surface area contributed by atoms with Crippen LogP contribution < -0.4 is 15.4 Å². The average Bonchev–Trinajstić information content (AvgIpc) is 2.70. The molecule has 0 aliphatic carbocycles. The number of ether oxygens (including phenoxy) is 2. The van der Waals surface area contributed by atoms with Crippen molar-refractivity contribution in [2.24, 2.45) is 0 Å². The van der Waals surface area contributed by atoms with Gasteiger partial charge in [-0.1, -0.05) is 18.2 Å². The van der Waals surface area contributed by atoms with Crippen molar-refractivity contribution in [1.82, 2.24) is 15.5 Å². The summed E-state index contributed by atoms with van der Waals surface area (Å²) in [6, 6.07) is 11.8. The molecule has 7 nitrogen and oxygen atoms in total. The van der Waals surface area contributed by atoms with E-state index in [0.29, 0.717) is 31.3 Å². The Morgan fingerprint density at radius 1 is 1.00 bits per heavy atom. The second-order valence-electron chi connectivity index (χ2n) is 6.54. The van der Waals surface area contributed by atoms with E-state index in [2.05, 4.69) is 26.9 Å². The van der Waals surface area contributed by atoms with Crippen molar-refractivity contribution in [3.8, 4) is 5.75 Å². The molecule has 2 aromatic rings. The number of nitrogens with one attached hydrogen (secondary N) is 2. The Morgan fingerprint density at radius 2 is 1.85 bits per heavy atom. The molecular formula is C19H22N4O3. The molecule has 0 spiro atoms. The Hall–Kier alpha value is -2.67. The molecule has 1 saturated heterocycles. The van der Waals surface area contributed by atoms with Crippen LogP contribution in [0.2, 0.25) is 0 Å². The molecule has 2 aliphatic rings. The van der Waals surface area contributed by atoms with Gasteiger partial charge in [-0.2, -0.15) is 0 Å². The van der Waals surface area contributed by atoms with Crippen LogP contribution in [0.3, 0.4) is 0 Å². The lowest BCUT2D eigenvalue weighted by Gasteiger charge is -2.26. The fourth-order valence-corrected chi connectivity index (χ4v) is 3.30. The van der Waals surface area contributed by atoms with Gasteiger partial charge < -0.3 is 20.1 Å². The molecule has 1 amide bonds. The molecule has 4 rings (SSSR count). The van der Waals surface area contributed by atoms with Gasteiger partial charge in [-0.15, -0.1) is 10.2 Å². The first-order valence-electron chi connectivity index (χ1n) is 9.00. The third-order valence-corrected chi connectivity index (χ3v) is 4.73. The zero-order chi connectivity index (χ0) is 17.8. The van der Waals surface area contributed by atoms with E-state index in [-0.39, 0.29) is 18.0 Å². The van der Waals surface area contributed by atoms with Gasteiger partial charge in [0.05, 0.1) is 12.6 Å². The smallest absolute Gasteiger partial charge is 0.272 e. The lowest BCUT2D eigenvalue weighted by molar-refractivity contribution is 0.0693. The minimum atomic E-state index is -0.188. The Balaban J connectivity index is 1.39. The number of nitrogens with zero attached hydrogens (tertiary/aromatic N) is 2.